The van der Waals surface area contributed by atoms with Crippen LogP contribution in [0.15, 0.2) is 43.0 Å². The summed E-state index contributed by atoms with van der Waals surface area (Å²) in [5, 5.41) is 14.8. The van der Waals surface area contributed by atoms with Gasteiger partial charge in [-0.25, -0.2) is 14.9 Å². The molecule has 0 aliphatic heterocycles. The van der Waals surface area contributed by atoms with Gasteiger partial charge in [-0.1, -0.05) is 0 Å². The molecule has 0 aliphatic carbocycles. The van der Waals surface area contributed by atoms with Gasteiger partial charge in [0.1, 0.15) is 11.0 Å². The van der Waals surface area contributed by atoms with Crippen LogP contribution in [-0.2, 0) is 0 Å². The number of carbonyl (C=O) groups excluding carboxylic acids is 1. The van der Waals surface area contributed by atoms with Crippen LogP contribution in [0.4, 0.5) is 15.8 Å². The minimum Gasteiger partial charge on any atom is -0.382 e. The summed E-state index contributed by atoms with van der Waals surface area (Å²) in [5.74, 6) is -0.968. The van der Waals surface area contributed by atoms with Gasteiger partial charge in [-0.15, -0.1) is 0 Å². The molecule has 4 aromatic rings. The van der Waals surface area contributed by atoms with Crippen LogP contribution >= 0.6 is 0 Å². The molecule has 4 N–H and O–H groups in total. The number of rotatable bonds is 6. The average Bonchev–Trinajstić information content (AvgIpc) is 3.12. The van der Waals surface area contributed by atoms with Crippen LogP contribution in [0.25, 0.3) is 16.7 Å². The van der Waals surface area contributed by atoms with Crippen molar-refractivity contribution in [1.29, 1.82) is 0 Å². The van der Waals surface area contributed by atoms with Crippen molar-refractivity contribution in [2.24, 2.45) is 0 Å². The molecule has 4 rings (SSSR count). The minimum atomic E-state index is -0.531. The Balaban J connectivity index is 1.65. The summed E-state index contributed by atoms with van der Waals surface area (Å²) in [6, 6.07) is 4.39. The second kappa shape index (κ2) is 8.01. The van der Waals surface area contributed by atoms with E-state index in [0.29, 0.717) is 40.2 Å². The summed E-state index contributed by atoms with van der Waals surface area (Å²) in [6.07, 6.45) is 6.31. The number of hydrogen-bond acceptors (Lipinski definition) is 7. The molecule has 0 fully saturated rings. The fourth-order valence-corrected chi connectivity index (χ4v) is 3.14. The van der Waals surface area contributed by atoms with Crippen molar-refractivity contribution in [1.82, 2.24) is 24.8 Å². The number of halogens is 1. The Morgan fingerprint density at radius 2 is 2.00 bits per heavy atom. The predicted molar refractivity (Wildman–Crippen MR) is 110 cm³/mol. The number of anilines is 2. The predicted octanol–water partition coefficient (Wildman–Crippen LogP) is 2.76. The van der Waals surface area contributed by atoms with E-state index in [9.17, 15) is 9.18 Å². The van der Waals surface area contributed by atoms with Gasteiger partial charge in [0.05, 0.1) is 22.6 Å². The number of imidazole rings is 1. The lowest BCUT2D eigenvalue weighted by Gasteiger charge is -2.14. The van der Waals surface area contributed by atoms with Gasteiger partial charge in [0, 0.05) is 43.4 Å². The summed E-state index contributed by atoms with van der Waals surface area (Å²) >= 11 is 0. The summed E-state index contributed by atoms with van der Waals surface area (Å²) in [7, 11) is 0. The highest BCUT2D eigenvalue weighted by Crippen LogP contribution is 2.24. The second-order valence-electron chi connectivity index (χ2n) is 6.97. The van der Waals surface area contributed by atoms with Crippen molar-refractivity contribution < 1.29 is 14.4 Å². The molecule has 9 nitrogen and oxygen atoms in total. The first-order valence-electron chi connectivity index (χ1n) is 9.29. The number of amides is 1. The maximum atomic E-state index is 14.3. The number of nitrogens with one attached hydrogen (secondary N) is 3. The summed E-state index contributed by atoms with van der Waals surface area (Å²) < 4.78 is 15.8. The Morgan fingerprint density at radius 3 is 2.77 bits per heavy atom. The van der Waals surface area contributed by atoms with Gasteiger partial charge in [0.25, 0.3) is 5.91 Å². The molecule has 3 heterocycles. The zero-order valence-corrected chi connectivity index (χ0v) is 16.3. The average molecular weight is 409 g/mol. The first-order valence-corrected chi connectivity index (χ1v) is 9.29. The van der Waals surface area contributed by atoms with Crippen LogP contribution in [0, 0.1) is 12.7 Å². The Kier molecular flexibility index (Phi) is 5.25. The first-order chi connectivity index (χ1) is 14.5. The van der Waals surface area contributed by atoms with Crippen LogP contribution < -0.4 is 16.1 Å². The van der Waals surface area contributed by atoms with Crippen molar-refractivity contribution >= 4 is 34.0 Å². The molecule has 0 unspecified atom stereocenters. The van der Waals surface area contributed by atoms with Gasteiger partial charge in [-0.2, -0.15) is 0 Å². The molecular weight excluding hydrogens is 389 g/mol. The van der Waals surface area contributed by atoms with Crippen LogP contribution in [0.2, 0.25) is 0 Å². The monoisotopic (exact) mass is 409 g/mol. The Labute approximate surface area is 170 Å². The van der Waals surface area contributed by atoms with Crippen LogP contribution in [0.5, 0.6) is 0 Å². The highest BCUT2D eigenvalue weighted by Gasteiger charge is 2.16. The fourth-order valence-electron chi connectivity index (χ4n) is 3.14. The van der Waals surface area contributed by atoms with E-state index in [1.165, 1.54) is 22.9 Å². The summed E-state index contributed by atoms with van der Waals surface area (Å²) in [6.45, 7) is 4.01. The number of nitrogens with zero attached hydrogens (tertiary/aromatic N) is 4. The zero-order chi connectivity index (χ0) is 21.3. The van der Waals surface area contributed by atoms with E-state index < -0.39 is 11.7 Å². The summed E-state index contributed by atoms with van der Waals surface area (Å²) in [4.78, 5) is 25.7. The van der Waals surface area contributed by atoms with Gasteiger partial charge in [0.2, 0.25) is 0 Å². The van der Waals surface area contributed by atoms with E-state index in [1.807, 2.05) is 0 Å². The summed E-state index contributed by atoms with van der Waals surface area (Å²) in [5.41, 5.74) is 5.23. The Morgan fingerprint density at radius 1 is 1.23 bits per heavy atom. The normalized spacial score (nSPS) is 12.3. The third-order valence-electron chi connectivity index (χ3n) is 4.57. The molecule has 154 valence electrons. The molecular formula is C20H20FN7O2. The lowest BCUT2D eigenvalue weighted by Crippen LogP contribution is -2.29. The standard InChI is InChI=1S/C20H20FN7O2/c1-11(27-30)8-24-16-4-3-14(17-18(16)23-6-5-22-17)20(29)26-13-7-15(21)19-25-12(2)9-28(19)10-13/h3-7,9-11,24,27,30H,8H2,1-2H3,(H,26,29)/t11-/m1/s1. The van der Waals surface area contributed by atoms with E-state index in [4.69, 9.17) is 5.21 Å². The third kappa shape index (κ3) is 3.78. The third-order valence-corrected chi connectivity index (χ3v) is 4.57. The molecule has 0 saturated carbocycles. The smallest absolute Gasteiger partial charge is 0.257 e. The molecule has 0 aliphatic rings. The van der Waals surface area contributed by atoms with Crippen molar-refractivity contribution in [3.63, 3.8) is 0 Å². The van der Waals surface area contributed by atoms with Crippen LogP contribution in [-0.4, -0.2) is 43.1 Å². The molecule has 0 bridgehead atoms. The quantitative estimate of drug-likeness (QED) is 0.362. The molecule has 30 heavy (non-hydrogen) atoms. The van der Waals surface area contributed by atoms with E-state index in [2.05, 4.69) is 31.1 Å². The molecule has 0 spiro atoms. The first kappa shape index (κ1) is 19.7. The number of fused-ring (bicyclic) bond motifs is 2. The molecule has 1 atom stereocenters. The number of aromatic nitrogens is 4. The van der Waals surface area contributed by atoms with Crippen molar-refractivity contribution in [2.75, 3.05) is 17.2 Å². The number of pyridine rings is 1. The minimum absolute atomic E-state index is 0.184. The molecule has 1 aromatic carbocycles. The van der Waals surface area contributed by atoms with Gasteiger partial charge < -0.3 is 20.2 Å². The maximum absolute atomic E-state index is 14.3. The topological polar surface area (TPSA) is 116 Å². The Bertz CT molecular complexity index is 1240. The van der Waals surface area contributed by atoms with E-state index in [-0.39, 0.29) is 11.7 Å². The van der Waals surface area contributed by atoms with Crippen LogP contribution in [0.3, 0.4) is 0 Å². The maximum Gasteiger partial charge on any atom is 0.257 e. The molecule has 0 saturated heterocycles. The number of carbonyl (C=O) groups is 1. The molecule has 10 heteroatoms. The van der Waals surface area contributed by atoms with Gasteiger partial charge >= 0.3 is 0 Å². The molecule has 0 radical (unpaired) electrons. The van der Waals surface area contributed by atoms with E-state index in [1.54, 1.807) is 38.4 Å². The van der Waals surface area contributed by atoms with Gasteiger partial charge in [-0.3, -0.25) is 14.8 Å². The number of benzene rings is 1. The van der Waals surface area contributed by atoms with Crippen molar-refractivity contribution in [3.05, 3.63) is 60.1 Å². The SMILES string of the molecule is Cc1cn2cc(NC(=O)c3ccc(NC[C@@H](C)NO)c4nccnc34)cc(F)c2n1. The van der Waals surface area contributed by atoms with Gasteiger partial charge in [0.15, 0.2) is 11.5 Å². The number of aryl methyl sites for hydroxylation is 1. The van der Waals surface area contributed by atoms with E-state index >= 15 is 0 Å². The van der Waals surface area contributed by atoms with Gasteiger partial charge in [-0.05, 0) is 26.0 Å². The van der Waals surface area contributed by atoms with Crippen molar-refractivity contribution in [2.45, 2.75) is 19.9 Å². The lowest BCUT2D eigenvalue weighted by molar-refractivity contribution is 0.102. The largest absolute Gasteiger partial charge is 0.382 e. The Hall–Kier alpha value is -3.63. The second-order valence-corrected chi connectivity index (χ2v) is 6.97. The highest BCUT2D eigenvalue weighted by molar-refractivity contribution is 6.13. The molecule has 1 amide bonds. The fraction of sp³-hybridized carbons (Fsp3) is 0.200. The molecule has 3 aromatic heterocycles. The van der Waals surface area contributed by atoms with Crippen LogP contribution in [0.1, 0.15) is 23.0 Å². The zero-order valence-electron chi connectivity index (χ0n) is 16.3. The van der Waals surface area contributed by atoms with Crippen molar-refractivity contribution in [3.8, 4) is 0 Å². The van der Waals surface area contributed by atoms with E-state index in [0.717, 1.165) is 0 Å². The number of hydroxylamine groups is 1. The lowest BCUT2D eigenvalue weighted by atomic mass is 10.1. The highest BCUT2D eigenvalue weighted by atomic mass is 19.1. The number of hydrogen-bond donors (Lipinski definition) is 4.